The molecule has 0 unspecified atom stereocenters. The summed E-state index contributed by atoms with van der Waals surface area (Å²) in [5, 5.41) is 19.8. The van der Waals surface area contributed by atoms with E-state index in [1.807, 2.05) is 0 Å². The van der Waals surface area contributed by atoms with Crippen LogP contribution in [0.3, 0.4) is 0 Å². The molecule has 7 heteroatoms. The van der Waals surface area contributed by atoms with Gasteiger partial charge in [0.1, 0.15) is 11.4 Å². The minimum absolute atomic E-state index is 0.0111. The summed E-state index contributed by atoms with van der Waals surface area (Å²) in [6.45, 7) is 0. The lowest BCUT2D eigenvalue weighted by Gasteiger charge is -1.93. The number of nitrogens with two attached hydrogens (primary N) is 1. The number of carbonyl (C=O) groups is 1. The third-order valence-corrected chi connectivity index (χ3v) is 2.24. The molecule has 1 heterocycles. The van der Waals surface area contributed by atoms with E-state index in [-0.39, 0.29) is 17.1 Å². The topological polar surface area (TPSA) is 122 Å². The summed E-state index contributed by atoms with van der Waals surface area (Å²) >= 11 is 0. The molecule has 16 heavy (non-hydrogen) atoms. The van der Waals surface area contributed by atoms with Gasteiger partial charge in [-0.05, 0) is 6.07 Å². The molecule has 0 aliphatic carbocycles. The van der Waals surface area contributed by atoms with Gasteiger partial charge >= 0.3 is 5.97 Å². The fourth-order valence-corrected chi connectivity index (χ4v) is 1.55. The van der Waals surface area contributed by atoms with Gasteiger partial charge in [-0.15, -0.1) is 0 Å². The molecule has 0 bridgehead atoms. The summed E-state index contributed by atoms with van der Waals surface area (Å²) in [6.07, 6.45) is 0. The summed E-state index contributed by atoms with van der Waals surface area (Å²) < 4.78 is 0. The third kappa shape index (κ3) is 1.34. The summed E-state index contributed by atoms with van der Waals surface area (Å²) in [6, 6.07) is 3.85. The monoisotopic (exact) mass is 221 g/mol. The number of carboxylic acid groups (broad SMARTS) is 1. The Bertz CT molecular complexity index is 602. The van der Waals surface area contributed by atoms with Gasteiger partial charge in [0.15, 0.2) is 0 Å². The first-order valence-corrected chi connectivity index (χ1v) is 4.29. The Morgan fingerprint density at radius 3 is 2.75 bits per heavy atom. The molecule has 0 fully saturated rings. The predicted octanol–water partition coefficient (Wildman–Crippen LogP) is 1.36. The van der Waals surface area contributed by atoms with Crippen LogP contribution in [0.4, 0.5) is 11.5 Å². The smallest absolute Gasteiger partial charge is 0.340 e. The molecule has 2 aromatic rings. The van der Waals surface area contributed by atoms with Gasteiger partial charge in [-0.2, -0.15) is 0 Å². The lowest BCUT2D eigenvalue weighted by Crippen LogP contribution is -1.99. The van der Waals surface area contributed by atoms with Crippen LogP contribution in [0.2, 0.25) is 0 Å². The number of non-ortho nitro benzene ring substituents is 1. The van der Waals surface area contributed by atoms with Crippen molar-refractivity contribution in [1.29, 1.82) is 0 Å². The molecule has 2 rings (SSSR count). The molecule has 82 valence electrons. The zero-order chi connectivity index (χ0) is 11.9. The van der Waals surface area contributed by atoms with E-state index >= 15 is 0 Å². The molecule has 0 amide bonds. The molecule has 0 saturated carbocycles. The van der Waals surface area contributed by atoms with Gasteiger partial charge in [0.05, 0.1) is 10.4 Å². The minimum atomic E-state index is -1.17. The Hall–Kier alpha value is -2.57. The highest BCUT2D eigenvalue weighted by Gasteiger charge is 2.17. The van der Waals surface area contributed by atoms with Crippen LogP contribution >= 0.6 is 0 Å². The summed E-state index contributed by atoms with van der Waals surface area (Å²) in [5.41, 5.74) is 5.63. The van der Waals surface area contributed by atoms with Crippen LogP contribution in [0.25, 0.3) is 10.9 Å². The number of fused-ring (bicyclic) bond motifs is 1. The first kappa shape index (κ1) is 9.97. The van der Waals surface area contributed by atoms with Crippen molar-refractivity contribution >= 4 is 28.4 Å². The van der Waals surface area contributed by atoms with Crippen LogP contribution in [0.15, 0.2) is 18.2 Å². The number of benzene rings is 1. The number of nitrogens with one attached hydrogen (secondary N) is 1. The first-order valence-electron chi connectivity index (χ1n) is 4.29. The zero-order valence-electron chi connectivity index (χ0n) is 7.93. The summed E-state index contributed by atoms with van der Waals surface area (Å²) in [4.78, 5) is 23.4. The second-order valence-corrected chi connectivity index (χ2v) is 3.21. The quantitative estimate of drug-likeness (QED) is 0.521. The van der Waals surface area contributed by atoms with Gasteiger partial charge in [0.2, 0.25) is 0 Å². The molecule has 1 aromatic heterocycles. The van der Waals surface area contributed by atoms with Crippen LogP contribution in [-0.2, 0) is 0 Å². The fraction of sp³-hybridized carbons (Fsp3) is 0. The van der Waals surface area contributed by atoms with E-state index in [0.717, 1.165) is 0 Å². The highest BCUT2D eigenvalue weighted by atomic mass is 16.6. The second-order valence-electron chi connectivity index (χ2n) is 3.21. The molecule has 0 saturated heterocycles. The number of aromatic carboxylic acids is 1. The number of aromatic nitrogens is 1. The maximum Gasteiger partial charge on any atom is 0.340 e. The number of nitro benzene ring substituents is 1. The number of anilines is 1. The summed E-state index contributed by atoms with van der Waals surface area (Å²) in [7, 11) is 0. The number of nitrogens with zero attached hydrogens (tertiary/aromatic N) is 1. The van der Waals surface area contributed by atoms with Crippen LogP contribution in [0, 0.1) is 10.1 Å². The Morgan fingerprint density at radius 2 is 2.19 bits per heavy atom. The molecule has 0 radical (unpaired) electrons. The predicted molar refractivity (Wildman–Crippen MR) is 56.3 cm³/mol. The van der Waals surface area contributed by atoms with Crippen molar-refractivity contribution in [1.82, 2.24) is 4.98 Å². The Morgan fingerprint density at radius 1 is 1.50 bits per heavy atom. The highest BCUT2D eigenvalue weighted by molar-refractivity contribution is 6.08. The van der Waals surface area contributed by atoms with Gasteiger partial charge in [-0.25, -0.2) is 4.79 Å². The van der Waals surface area contributed by atoms with E-state index in [1.165, 1.54) is 18.2 Å². The molecular formula is C9H7N3O4. The number of hydrogen-bond donors (Lipinski definition) is 3. The highest BCUT2D eigenvalue weighted by Crippen LogP contribution is 2.27. The molecule has 7 nitrogen and oxygen atoms in total. The molecule has 0 aliphatic heterocycles. The standard InChI is InChI=1S/C9H7N3O4/c10-8-7(9(13)14)5-2-1-4(12(15)16)3-6(5)11-8/h1-3,11H,10H2,(H,13,14). The van der Waals surface area contributed by atoms with Crippen molar-refractivity contribution in [2.75, 3.05) is 5.73 Å². The van der Waals surface area contributed by atoms with E-state index in [9.17, 15) is 14.9 Å². The number of H-pyrrole nitrogens is 1. The van der Waals surface area contributed by atoms with Gasteiger partial charge in [0.25, 0.3) is 5.69 Å². The molecule has 0 aliphatic rings. The van der Waals surface area contributed by atoms with Crippen molar-refractivity contribution in [2.24, 2.45) is 0 Å². The number of carboxylic acids is 1. The Kier molecular flexibility index (Phi) is 2.01. The molecule has 1 aromatic carbocycles. The number of hydrogen-bond acceptors (Lipinski definition) is 4. The zero-order valence-corrected chi connectivity index (χ0v) is 7.93. The van der Waals surface area contributed by atoms with E-state index in [0.29, 0.717) is 10.9 Å². The molecular weight excluding hydrogens is 214 g/mol. The molecule has 0 spiro atoms. The average Bonchev–Trinajstić information content (AvgIpc) is 2.51. The van der Waals surface area contributed by atoms with E-state index in [4.69, 9.17) is 10.8 Å². The number of aromatic amines is 1. The maximum absolute atomic E-state index is 10.9. The van der Waals surface area contributed by atoms with E-state index in [2.05, 4.69) is 4.98 Å². The van der Waals surface area contributed by atoms with E-state index < -0.39 is 10.9 Å². The van der Waals surface area contributed by atoms with Crippen LogP contribution in [0.1, 0.15) is 10.4 Å². The van der Waals surface area contributed by atoms with Gasteiger partial charge in [-0.3, -0.25) is 10.1 Å². The van der Waals surface area contributed by atoms with Crippen LogP contribution in [-0.4, -0.2) is 21.0 Å². The minimum Gasteiger partial charge on any atom is -0.478 e. The van der Waals surface area contributed by atoms with Gasteiger partial charge in [-0.1, -0.05) is 0 Å². The van der Waals surface area contributed by atoms with Gasteiger partial charge in [0, 0.05) is 17.5 Å². The van der Waals surface area contributed by atoms with Crippen molar-refractivity contribution in [3.63, 3.8) is 0 Å². The normalized spacial score (nSPS) is 10.5. The molecule has 0 atom stereocenters. The number of nitro groups is 1. The van der Waals surface area contributed by atoms with E-state index in [1.54, 1.807) is 0 Å². The van der Waals surface area contributed by atoms with Crippen molar-refractivity contribution in [2.45, 2.75) is 0 Å². The fourth-order valence-electron chi connectivity index (χ4n) is 1.55. The van der Waals surface area contributed by atoms with Crippen LogP contribution in [0.5, 0.6) is 0 Å². The molecule has 4 N–H and O–H groups in total. The van der Waals surface area contributed by atoms with Crippen LogP contribution < -0.4 is 5.73 Å². The van der Waals surface area contributed by atoms with Crippen molar-refractivity contribution in [3.05, 3.63) is 33.9 Å². The third-order valence-electron chi connectivity index (χ3n) is 2.24. The largest absolute Gasteiger partial charge is 0.478 e. The van der Waals surface area contributed by atoms with Crippen molar-refractivity contribution in [3.8, 4) is 0 Å². The average molecular weight is 221 g/mol. The summed E-state index contributed by atoms with van der Waals surface area (Å²) in [5.74, 6) is -1.18. The first-order chi connectivity index (χ1) is 7.50. The maximum atomic E-state index is 10.9. The number of nitrogen functional groups attached to an aromatic ring is 1. The lowest BCUT2D eigenvalue weighted by molar-refractivity contribution is -0.384. The number of rotatable bonds is 2. The lowest BCUT2D eigenvalue weighted by atomic mass is 10.1. The Balaban J connectivity index is 2.75. The van der Waals surface area contributed by atoms with Crippen molar-refractivity contribution < 1.29 is 14.8 Å². The Labute approximate surface area is 88.6 Å². The second kappa shape index (κ2) is 3.23. The van der Waals surface area contributed by atoms with Gasteiger partial charge < -0.3 is 15.8 Å². The SMILES string of the molecule is Nc1[nH]c2cc([N+](=O)[O-])ccc2c1C(=O)O.